The number of carbonyl (C=O) groups excluding carboxylic acids is 2. The number of ether oxygens (including phenoxy) is 2. The van der Waals surface area contributed by atoms with Gasteiger partial charge in [-0.15, -0.1) is 0 Å². The number of hydrogen-bond donors (Lipinski definition) is 6. The maximum atomic E-state index is 12.6. The summed E-state index contributed by atoms with van der Waals surface area (Å²) in [6.45, 7) is 26.2. The highest BCUT2D eigenvalue weighted by molar-refractivity contribution is 9.11. The van der Waals surface area contributed by atoms with Gasteiger partial charge in [-0.2, -0.15) is 0 Å². The third-order valence-electron chi connectivity index (χ3n) is 25.5. The van der Waals surface area contributed by atoms with Gasteiger partial charge in [-0.3, -0.25) is 0 Å². The van der Waals surface area contributed by atoms with Crippen LogP contribution in [0.5, 0.6) is 11.5 Å². The highest BCUT2D eigenvalue weighted by Gasteiger charge is 2.42. The van der Waals surface area contributed by atoms with E-state index in [0.29, 0.717) is 62.1 Å². The van der Waals surface area contributed by atoms with E-state index in [1.54, 1.807) is 24.3 Å². The Morgan fingerprint density at radius 2 is 0.539 bits per heavy atom. The summed E-state index contributed by atoms with van der Waals surface area (Å²) in [5.74, 6) is 0.510. The lowest BCUT2D eigenvalue weighted by atomic mass is 9.75. The molecule has 128 heavy (non-hydrogen) atoms. The smallest absolute Gasteiger partial charge is 0.537 e. The van der Waals surface area contributed by atoms with Gasteiger partial charge < -0.3 is 48.9 Å². The SMILES string of the molecule is Brc1ccc2c(c1)Cc1cc(Br)ccc1-2.CC1(C)c2cc(Br)ccc2-c2ccc(Br)cc21.CC1(C)c2cc(Br)ccc2-c2ccc(Br)cc21.CC1(C)c2cc(O[B]O)ccc2-c2ccc(B(O)O)cc21.CC1(C)c2cc(O[B]O)ccc2-c2ccc(B(O)O)cc21.CCOC(=O)c1ccccc1-c1ccc2c(c1)C(C)(C)c1cc(-c3ccccc3C(=O)OCC)ccc1-2. The molecule has 14 aromatic rings. The number of esters is 2. The molecule has 22 heteroatoms. The van der Waals surface area contributed by atoms with Crippen LogP contribution in [0.4, 0.5) is 0 Å². The molecule has 0 heterocycles. The summed E-state index contributed by atoms with van der Waals surface area (Å²) in [6.07, 6.45) is 1.05. The minimum absolute atomic E-state index is 0.0816. The number of hydrogen-bond acceptors (Lipinski definition) is 12. The van der Waals surface area contributed by atoms with Gasteiger partial charge in [-0.1, -0.05) is 310 Å². The van der Waals surface area contributed by atoms with Crippen molar-refractivity contribution in [1.82, 2.24) is 0 Å². The van der Waals surface area contributed by atoms with E-state index in [-0.39, 0.29) is 39.0 Å². The molecule has 0 bridgehead atoms. The zero-order valence-electron chi connectivity index (χ0n) is 72.7. The van der Waals surface area contributed by atoms with Crippen molar-refractivity contribution in [2.75, 3.05) is 13.2 Å². The predicted octanol–water partition coefficient (Wildman–Crippen LogP) is 24.7. The summed E-state index contributed by atoms with van der Waals surface area (Å²) >= 11 is 21.3. The topological polar surface area (TPSA) is 192 Å². The fourth-order valence-corrected chi connectivity index (χ4v) is 21.1. The molecule has 0 aliphatic heterocycles. The minimum Gasteiger partial charge on any atom is -0.537 e. The average molecular weight is 2080 g/mol. The summed E-state index contributed by atoms with van der Waals surface area (Å²) in [6, 6.07) is 89.5. The van der Waals surface area contributed by atoms with Gasteiger partial charge in [0.1, 0.15) is 11.5 Å². The van der Waals surface area contributed by atoms with Crippen molar-refractivity contribution in [2.45, 2.75) is 117 Å². The lowest BCUT2D eigenvalue weighted by Gasteiger charge is -2.23. The summed E-state index contributed by atoms with van der Waals surface area (Å²) in [5.41, 5.74) is 35.2. The maximum absolute atomic E-state index is 12.6. The molecular weight excluding hydrogens is 1990 g/mol. The average Bonchev–Trinajstić information content (AvgIpc) is 1.58. The van der Waals surface area contributed by atoms with Crippen LogP contribution in [0, 0.1) is 0 Å². The van der Waals surface area contributed by atoms with Gasteiger partial charge in [0.25, 0.3) is 0 Å². The summed E-state index contributed by atoms with van der Waals surface area (Å²) in [7, 11) is -1.62. The molecule has 0 fully saturated rings. The van der Waals surface area contributed by atoms with Crippen LogP contribution in [0.25, 0.3) is 89.0 Å². The summed E-state index contributed by atoms with van der Waals surface area (Å²) in [4.78, 5) is 25.2. The van der Waals surface area contributed by atoms with Crippen LogP contribution >= 0.6 is 95.6 Å². The van der Waals surface area contributed by atoms with Gasteiger partial charge >= 0.3 is 41.5 Å². The van der Waals surface area contributed by atoms with E-state index in [1.807, 2.05) is 111 Å². The fourth-order valence-electron chi connectivity index (χ4n) is 18.9. The molecule has 2 radical (unpaired) electrons. The maximum Gasteiger partial charge on any atom is 0.569 e. The van der Waals surface area contributed by atoms with E-state index in [0.717, 1.165) is 100 Å². The Kier molecular flexibility index (Phi) is 27.5. The Balaban J connectivity index is 0.000000122. The Morgan fingerprint density at radius 1 is 0.297 bits per heavy atom. The zero-order valence-corrected chi connectivity index (χ0v) is 82.3. The molecule has 12 nitrogen and oxygen atoms in total. The predicted molar refractivity (Wildman–Crippen MR) is 541 cm³/mol. The van der Waals surface area contributed by atoms with Crippen LogP contribution in [-0.4, -0.2) is 84.9 Å². The Bertz CT molecular complexity index is 6200. The van der Waals surface area contributed by atoms with Crippen molar-refractivity contribution in [3.63, 3.8) is 0 Å². The Morgan fingerprint density at radius 3 is 0.828 bits per heavy atom. The second-order valence-corrected chi connectivity index (χ2v) is 40.4. The first-order valence-electron chi connectivity index (χ1n) is 42.2. The van der Waals surface area contributed by atoms with Gasteiger partial charge in [0.05, 0.1) is 24.3 Å². The largest absolute Gasteiger partial charge is 0.569 e. The lowest BCUT2D eigenvalue weighted by Crippen LogP contribution is -2.31. The van der Waals surface area contributed by atoms with Crippen molar-refractivity contribution >= 4 is 148 Å². The number of halogens is 6. The number of benzene rings is 14. The quantitative estimate of drug-likeness (QED) is 0.0502. The molecule has 6 aliphatic carbocycles. The molecule has 0 amide bonds. The van der Waals surface area contributed by atoms with Crippen molar-refractivity contribution in [2.24, 2.45) is 0 Å². The van der Waals surface area contributed by atoms with Gasteiger partial charge in [0, 0.05) is 53.9 Å². The zero-order chi connectivity index (χ0) is 91.4. The van der Waals surface area contributed by atoms with E-state index in [9.17, 15) is 29.7 Å². The number of fused-ring (bicyclic) bond motifs is 18. The van der Waals surface area contributed by atoms with E-state index >= 15 is 0 Å². The first-order valence-corrected chi connectivity index (χ1v) is 46.9. The molecule has 0 atom stereocenters. The van der Waals surface area contributed by atoms with Crippen molar-refractivity contribution in [3.05, 3.63) is 372 Å². The molecule has 0 aromatic heterocycles. The number of carbonyl (C=O) groups is 2. The first-order chi connectivity index (χ1) is 61.0. The number of rotatable bonds is 12. The van der Waals surface area contributed by atoms with Crippen LogP contribution < -0.4 is 20.2 Å². The summed E-state index contributed by atoms with van der Waals surface area (Å²) in [5, 5.41) is 55.0. The molecule has 0 spiro atoms. The third kappa shape index (κ3) is 18.2. The van der Waals surface area contributed by atoms with E-state index in [2.05, 4.69) is 310 Å². The molecule has 0 unspecified atom stereocenters. The third-order valence-corrected chi connectivity index (χ3v) is 28.4. The van der Waals surface area contributed by atoms with Gasteiger partial charge in [0.15, 0.2) is 0 Å². The van der Waals surface area contributed by atoms with Crippen LogP contribution in [0.3, 0.4) is 0 Å². The van der Waals surface area contributed by atoms with E-state index in [4.69, 9.17) is 28.8 Å². The highest BCUT2D eigenvalue weighted by Crippen LogP contribution is 2.56. The van der Waals surface area contributed by atoms with Crippen molar-refractivity contribution in [1.29, 1.82) is 0 Å². The molecule has 642 valence electrons. The molecule has 0 saturated heterocycles. The lowest BCUT2D eigenvalue weighted by molar-refractivity contribution is 0.0517. The monoisotopic (exact) mass is 2070 g/mol. The normalized spacial score (nSPS) is 14.0. The van der Waals surface area contributed by atoms with Gasteiger partial charge in [-0.25, -0.2) is 9.59 Å². The fraction of sp³-hybridized carbons (Fsp3) is 0.189. The van der Waals surface area contributed by atoms with Crippen LogP contribution in [0.2, 0.25) is 0 Å². The molecular formula is C106H92B4Br6O12. The van der Waals surface area contributed by atoms with Gasteiger partial charge in [0.2, 0.25) is 0 Å². The summed E-state index contributed by atoms with van der Waals surface area (Å²) < 4.78 is 27.6. The molecule has 6 N–H and O–H groups in total. The van der Waals surface area contributed by atoms with Crippen molar-refractivity contribution in [3.8, 4) is 101 Å². The second-order valence-electron chi connectivity index (χ2n) is 34.9. The van der Waals surface area contributed by atoms with E-state index in [1.165, 1.54) is 89.0 Å². The van der Waals surface area contributed by atoms with Crippen LogP contribution in [-0.2, 0) is 43.0 Å². The Labute approximate surface area is 801 Å². The van der Waals surface area contributed by atoms with Crippen LogP contribution in [0.15, 0.2) is 294 Å². The standard InChI is InChI=1S/C33H30O4.2C15H15B2O4.2C15H12Br2.C13H8Br2/c1-5-36-31(34)27-13-9-7-11-23(27)21-15-17-25-26-18-16-22(20-30(26)33(3,4)29(25)19-21)24-12-8-10-14-28(24)32(35)37-6-2;2*1-15(2)13-7-9(17(19)20)3-5-11(13)12-6-4-10(21-16-18)8-14(12)15;2*1-15(2)13-7-9(16)3-5-11(13)12-6-4-10(17)8-14(12)15;14-10-1-3-12-8(6-10)5-9-7-11(15)2-4-13(9)12/h7-20H,5-6H2,1-4H3;2*3-8,18-20H,1-2H3;2*3-8H,1-2H3;1-4,6-7H,5H2. The van der Waals surface area contributed by atoms with Crippen molar-refractivity contribution < 1.29 is 58.5 Å². The van der Waals surface area contributed by atoms with Gasteiger partial charge in [-0.05, 0) is 308 Å². The van der Waals surface area contributed by atoms with E-state index < -0.39 is 14.2 Å². The molecule has 0 saturated carbocycles. The first kappa shape index (κ1) is 93.2. The second kappa shape index (κ2) is 37.8. The molecule has 14 aromatic carbocycles. The highest BCUT2D eigenvalue weighted by atomic mass is 79.9. The molecule has 20 rings (SSSR count). The Hall–Kier alpha value is -9.48. The molecule has 6 aliphatic rings. The van der Waals surface area contributed by atoms with Crippen LogP contribution in [0.1, 0.15) is 171 Å². The minimum atomic E-state index is -1.47.